The Balaban J connectivity index is 0. The van der Waals surface area contributed by atoms with E-state index in [0.717, 1.165) is 19.4 Å². The average Bonchev–Trinajstić information content (AvgIpc) is 2.01. The molecule has 0 spiro atoms. The van der Waals surface area contributed by atoms with Crippen molar-refractivity contribution in [3.05, 3.63) is 0 Å². The number of halogens is 1. The zero-order valence-electron chi connectivity index (χ0n) is 7.70. The summed E-state index contributed by atoms with van der Waals surface area (Å²) in [7, 11) is 0. The molecule has 0 radical (unpaired) electrons. The van der Waals surface area contributed by atoms with E-state index in [-0.39, 0.29) is 37.2 Å². The molecule has 2 N–H and O–H groups in total. The maximum Gasteiger partial charge on any atom is 0.0558 e. The molecule has 76 valence electrons. The Morgan fingerprint density at radius 1 is 1.00 bits per heavy atom. The van der Waals surface area contributed by atoms with Crippen LogP contribution < -0.4 is 0 Å². The fourth-order valence-corrected chi connectivity index (χ4v) is 1.000. The van der Waals surface area contributed by atoms with Gasteiger partial charge < -0.3 is 10.2 Å². The first kappa shape index (κ1) is 15.1. The van der Waals surface area contributed by atoms with Crippen LogP contribution in [0, 0.1) is 0 Å². The molecule has 0 atom stereocenters. The second-order valence-corrected chi connectivity index (χ2v) is 2.64. The number of rotatable bonds is 7. The summed E-state index contributed by atoms with van der Waals surface area (Å²) in [5.41, 5.74) is 0. The Hall–Kier alpha value is 0.610. The van der Waals surface area contributed by atoms with Crippen LogP contribution >= 0.6 is 24.0 Å². The Kier molecular flexibility index (Phi) is 14.6. The molecule has 0 rings (SSSR count). The van der Waals surface area contributed by atoms with E-state index in [4.69, 9.17) is 10.2 Å². The number of aliphatic hydroxyl groups excluding tert-OH is 2. The van der Waals surface area contributed by atoms with E-state index in [0.29, 0.717) is 13.1 Å². The van der Waals surface area contributed by atoms with Crippen LogP contribution in [0.5, 0.6) is 0 Å². The van der Waals surface area contributed by atoms with E-state index in [1.165, 1.54) is 0 Å². The van der Waals surface area contributed by atoms with Crippen molar-refractivity contribution in [1.82, 2.24) is 4.90 Å². The van der Waals surface area contributed by atoms with Gasteiger partial charge in [0.2, 0.25) is 0 Å². The molecule has 0 aromatic heterocycles. The zero-order chi connectivity index (χ0) is 8.53. The molecule has 3 nitrogen and oxygen atoms in total. The SMILES string of the molecule is CCCCN(CCO)CCO.I. The lowest BCUT2D eigenvalue weighted by molar-refractivity contribution is 0.159. The van der Waals surface area contributed by atoms with Gasteiger partial charge in [-0.2, -0.15) is 0 Å². The summed E-state index contributed by atoms with van der Waals surface area (Å²) in [6, 6.07) is 0. The molecule has 0 fully saturated rings. The second-order valence-electron chi connectivity index (χ2n) is 2.64. The van der Waals surface area contributed by atoms with Crippen molar-refractivity contribution in [2.75, 3.05) is 32.8 Å². The van der Waals surface area contributed by atoms with E-state index >= 15 is 0 Å². The molecular weight excluding hydrogens is 269 g/mol. The number of unbranched alkanes of at least 4 members (excludes halogenated alkanes) is 1. The van der Waals surface area contributed by atoms with Crippen molar-refractivity contribution in [1.29, 1.82) is 0 Å². The van der Waals surface area contributed by atoms with E-state index < -0.39 is 0 Å². The second kappa shape index (κ2) is 11.6. The van der Waals surface area contributed by atoms with E-state index in [9.17, 15) is 0 Å². The van der Waals surface area contributed by atoms with Gasteiger partial charge in [-0.05, 0) is 13.0 Å². The summed E-state index contributed by atoms with van der Waals surface area (Å²) in [5, 5.41) is 17.3. The normalized spacial score (nSPS) is 10.0. The van der Waals surface area contributed by atoms with Crippen LogP contribution in [0.25, 0.3) is 0 Å². The highest BCUT2D eigenvalue weighted by Gasteiger charge is 2.00. The van der Waals surface area contributed by atoms with Crippen LogP contribution in [0.4, 0.5) is 0 Å². The molecule has 0 aliphatic carbocycles. The molecule has 4 heteroatoms. The summed E-state index contributed by atoms with van der Waals surface area (Å²) >= 11 is 0. The predicted octanol–water partition coefficient (Wildman–Crippen LogP) is 0.691. The quantitative estimate of drug-likeness (QED) is 0.678. The van der Waals surface area contributed by atoms with Gasteiger partial charge in [-0.1, -0.05) is 13.3 Å². The van der Waals surface area contributed by atoms with Crippen molar-refractivity contribution < 1.29 is 10.2 Å². The minimum atomic E-state index is 0. The van der Waals surface area contributed by atoms with E-state index in [1.807, 2.05) is 0 Å². The van der Waals surface area contributed by atoms with Crippen LogP contribution in [0.2, 0.25) is 0 Å². The van der Waals surface area contributed by atoms with E-state index in [2.05, 4.69) is 11.8 Å². The first-order chi connectivity index (χ1) is 5.35. The smallest absolute Gasteiger partial charge is 0.0558 e. The first-order valence-corrected chi connectivity index (χ1v) is 4.29. The van der Waals surface area contributed by atoms with Gasteiger partial charge in [0.05, 0.1) is 13.2 Å². The molecule has 0 bridgehead atoms. The number of nitrogens with zero attached hydrogens (tertiary/aromatic N) is 1. The molecule has 0 aliphatic rings. The number of aliphatic hydroxyl groups is 2. The van der Waals surface area contributed by atoms with Crippen molar-refractivity contribution in [3.8, 4) is 0 Å². The molecule has 0 aromatic carbocycles. The van der Waals surface area contributed by atoms with Gasteiger partial charge in [0, 0.05) is 13.1 Å². The highest BCUT2D eigenvalue weighted by atomic mass is 127. The third-order valence-electron chi connectivity index (χ3n) is 1.66. The lowest BCUT2D eigenvalue weighted by atomic mass is 10.3. The minimum Gasteiger partial charge on any atom is -0.395 e. The third kappa shape index (κ3) is 8.70. The Morgan fingerprint density at radius 2 is 1.50 bits per heavy atom. The largest absolute Gasteiger partial charge is 0.395 e. The van der Waals surface area contributed by atoms with Crippen LogP contribution in [0.15, 0.2) is 0 Å². The molecule has 12 heavy (non-hydrogen) atoms. The lowest BCUT2D eigenvalue weighted by Crippen LogP contribution is -2.30. The summed E-state index contributed by atoms with van der Waals surface area (Å²) in [6.45, 7) is 4.85. The van der Waals surface area contributed by atoms with Crippen molar-refractivity contribution in [3.63, 3.8) is 0 Å². The lowest BCUT2D eigenvalue weighted by Gasteiger charge is -2.19. The predicted molar refractivity (Wildman–Crippen MR) is 60.9 cm³/mol. The summed E-state index contributed by atoms with van der Waals surface area (Å²) in [6.07, 6.45) is 2.30. The van der Waals surface area contributed by atoms with Crippen molar-refractivity contribution >= 4 is 24.0 Å². The zero-order valence-corrected chi connectivity index (χ0v) is 10.0. The number of hydrogen-bond acceptors (Lipinski definition) is 3. The Labute approximate surface area is 91.8 Å². The summed E-state index contributed by atoms with van der Waals surface area (Å²) in [5.74, 6) is 0. The van der Waals surface area contributed by atoms with Crippen LogP contribution in [0.1, 0.15) is 19.8 Å². The standard InChI is InChI=1S/C8H19NO2.HI/c1-2-3-4-9(5-7-10)6-8-11;/h10-11H,2-8H2,1H3;1H. The van der Waals surface area contributed by atoms with Crippen molar-refractivity contribution in [2.45, 2.75) is 19.8 Å². The monoisotopic (exact) mass is 289 g/mol. The third-order valence-corrected chi connectivity index (χ3v) is 1.66. The van der Waals surface area contributed by atoms with Gasteiger partial charge in [0.25, 0.3) is 0 Å². The highest BCUT2D eigenvalue weighted by molar-refractivity contribution is 14.0. The highest BCUT2D eigenvalue weighted by Crippen LogP contribution is 1.93. The molecule has 0 saturated heterocycles. The molecule has 0 aliphatic heterocycles. The Morgan fingerprint density at radius 3 is 1.83 bits per heavy atom. The summed E-state index contributed by atoms with van der Waals surface area (Å²) in [4.78, 5) is 2.07. The maximum absolute atomic E-state index is 8.64. The van der Waals surface area contributed by atoms with Crippen LogP contribution in [-0.2, 0) is 0 Å². The van der Waals surface area contributed by atoms with Gasteiger partial charge in [-0.3, -0.25) is 4.90 Å². The molecule has 0 aromatic rings. The number of hydrogen-bond donors (Lipinski definition) is 2. The molecular formula is C8H20INO2. The minimum absolute atomic E-state index is 0. The van der Waals surface area contributed by atoms with Crippen molar-refractivity contribution in [2.24, 2.45) is 0 Å². The van der Waals surface area contributed by atoms with E-state index in [1.54, 1.807) is 0 Å². The Bertz CT molecular complexity index is 77.5. The van der Waals surface area contributed by atoms with Gasteiger partial charge >= 0.3 is 0 Å². The van der Waals surface area contributed by atoms with Gasteiger partial charge in [-0.25, -0.2) is 0 Å². The average molecular weight is 289 g/mol. The molecule has 0 saturated carbocycles. The molecule has 0 amide bonds. The van der Waals surface area contributed by atoms with Crippen LogP contribution in [0.3, 0.4) is 0 Å². The topological polar surface area (TPSA) is 43.7 Å². The maximum atomic E-state index is 8.64. The van der Waals surface area contributed by atoms with Gasteiger partial charge in [0.15, 0.2) is 0 Å². The van der Waals surface area contributed by atoms with Gasteiger partial charge in [-0.15, -0.1) is 24.0 Å². The fourth-order valence-electron chi connectivity index (χ4n) is 1.000. The fraction of sp³-hybridized carbons (Fsp3) is 1.00. The first-order valence-electron chi connectivity index (χ1n) is 4.29. The molecule has 0 unspecified atom stereocenters. The van der Waals surface area contributed by atoms with Crippen LogP contribution in [-0.4, -0.2) is 48.0 Å². The van der Waals surface area contributed by atoms with Gasteiger partial charge in [0.1, 0.15) is 0 Å². The summed E-state index contributed by atoms with van der Waals surface area (Å²) < 4.78 is 0. The molecule has 0 heterocycles.